The zero-order valence-electron chi connectivity index (χ0n) is 16.1. The predicted octanol–water partition coefficient (Wildman–Crippen LogP) is 0.825. The number of piperazine rings is 1. The summed E-state index contributed by atoms with van der Waals surface area (Å²) in [7, 11) is 3.94. The Bertz CT molecular complexity index is 597. The number of hydrogen-bond donors (Lipinski definition) is 2. The number of nitrogens with one attached hydrogen (secondary N) is 2. The molecule has 144 valence electrons. The van der Waals surface area contributed by atoms with Gasteiger partial charge in [0.2, 0.25) is 0 Å². The summed E-state index contributed by atoms with van der Waals surface area (Å²) in [6.45, 7) is 8.36. The van der Waals surface area contributed by atoms with Gasteiger partial charge in [-0.1, -0.05) is 19.1 Å². The fraction of sp³-hybridized carbons (Fsp3) is 0.579. The van der Waals surface area contributed by atoms with E-state index in [1.165, 1.54) is 0 Å². The lowest BCUT2D eigenvalue weighted by atomic mass is 10.1. The average Bonchev–Trinajstić information content (AvgIpc) is 2.66. The van der Waals surface area contributed by atoms with Crippen LogP contribution < -0.4 is 10.6 Å². The molecule has 3 amide bonds. The molecule has 26 heavy (non-hydrogen) atoms. The van der Waals surface area contributed by atoms with Gasteiger partial charge in [-0.25, -0.2) is 4.79 Å². The molecular weight excluding hydrogens is 330 g/mol. The van der Waals surface area contributed by atoms with Crippen LogP contribution in [0.1, 0.15) is 22.8 Å². The molecule has 1 aliphatic rings. The Morgan fingerprint density at radius 3 is 2.50 bits per heavy atom. The molecule has 0 saturated carbocycles. The van der Waals surface area contributed by atoms with Crippen molar-refractivity contribution in [3.05, 3.63) is 35.4 Å². The summed E-state index contributed by atoms with van der Waals surface area (Å²) in [5, 5.41) is 5.86. The van der Waals surface area contributed by atoms with E-state index in [2.05, 4.69) is 22.5 Å². The van der Waals surface area contributed by atoms with Crippen LogP contribution in [0.2, 0.25) is 0 Å². The van der Waals surface area contributed by atoms with Crippen LogP contribution in [-0.2, 0) is 6.54 Å². The van der Waals surface area contributed by atoms with Crippen LogP contribution in [0.4, 0.5) is 4.79 Å². The SMILES string of the molecule is CCN1CCN(C(=O)NCc2cccc(C(=O)NCCN(C)C)c2)CC1. The van der Waals surface area contributed by atoms with Gasteiger partial charge >= 0.3 is 6.03 Å². The second-order valence-corrected chi connectivity index (χ2v) is 6.84. The Balaban J connectivity index is 1.81. The number of rotatable bonds is 7. The number of carbonyl (C=O) groups excluding carboxylic acids is 2. The van der Waals surface area contributed by atoms with Gasteiger partial charge in [-0.05, 0) is 38.3 Å². The van der Waals surface area contributed by atoms with Crippen LogP contribution in [0.3, 0.4) is 0 Å². The summed E-state index contributed by atoms with van der Waals surface area (Å²) in [5.74, 6) is -0.0873. The van der Waals surface area contributed by atoms with Gasteiger partial charge in [0, 0.05) is 51.4 Å². The van der Waals surface area contributed by atoms with E-state index in [0.717, 1.165) is 44.8 Å². The molecule has 0 bridgehead atoms. The highest BCUT2D eigenvalue weighted by molar-refractivity contribution is 5.94. The van der Waals surface area contributed by atoms with Crippen LogP contribution >= 0.6 is 0 Å². The quantitative estimate of drug-likeness (QED) is 0.755. The van der Waals surface area contributed by atoms with Crippen LogP contribution in [0.25, 0.3) is 0 Å². The molecular formula is C19H31N5O2. The van der Waals surface area contributed by atoms with Crippen LogP contribution in [0.15, 0.2) is 24.3 Å². The first-order valence-electron chi connectivity index (χ1n) is 9.26. The van der Waals surface area contributed by atoms with Gasteiger partial charge in [0.05, 0.1) is 0 Å². The van der Waals surface area contributed by atoms with Crippen molar-refractivity contribution in [3.8, 4) is 0 Å². The maximum atomic E-state index is 12.3. The Morgan fingerprint density at radius 2 is 1.85 bits per heavy atom. The highest BCUT2D eigenvalue weighted by Gasteiger charge is 2.19. The monoisotopic (exact) mass is 361 g/mol. The summed E-state index contributed by atoms with van der Waals surface area (Å²) < 4.78 is 0. The fourth-order valence-corrected chi connectivity index (χ4v) is 2.87. The van der Waals surface area contributed by atoms with Crippen molar-refractivity contribution in [1.82, 2.24) is 25.3 Å². The first kappa shape index (κ1) is 20.2. The fourth-order valence-electron chi connectivity index (χ4n) is 2.87. The van der Waals surface area contributed by atoms with Gasteiger partial charge in [-0.2, -0.15) is 0 Å². The standard InChI is InChI=1S/C19H31N5O2/c1-4-23-10-12-24(13-11-23)19(26)21-15-16-6-5-7-17(14-16)18(25)20-8-9-22(2)3/h5-7,14H,4,8-13,15H2,1-3H3,(H,20,25)(H,21,26). The van der Waals surface area contributed by atoms with Crippen molar-refractivity contribution in [2.45, 2.75) is 13.5 Å². The van der Waals surface area contributed by atoms with Gasteiger partial charge in [-0.15, -0.1) is 0 Å². The van der Waals surface area contributed by atoms with E-state index in [-0.39, 0.29) is 11.9 Å². The second-order valence-electron chi connectivity index (χ2n) is 6.84. The summed E-state index contributed by atoms with van der Waals surface area (Å²) in [4.78, 5) is 30.7. The summed E-state index contributed by atoms with van der Waals surface area (Å²) in [6.07, 6.45) is 0. The highest BCUT2D eigenvalue weighted by Crippen LogP contribution is 2.06. The van der Waals surface area contributed by atoms with Gasteiger partial charge in [0.25, 0.3) is 5.91 Å². The molecule has 1 aromatic rings. The van der Waals surface area contributed by atoms with E-state index in [1.807, 2.05) is 42.1 Å². The van der Waals surface area contributed by atoms with Crippen molar-refractivity contribution in [1.29, 1.82) is 0 Å². The number of benzene rings is 1. The number of nitrogens with zero attached hydrogens (tertiary/aromatic N) is 3. The lowest BCUT2D eigenvalue weighted by molar-refractivity contribution is 0.0951. The van der Waals surface area contributed by atoms with Crippen LogP contribution in [0, 0.1) is 0 Å². The Kier molecular flexibility index (Phi) is 7.87. The molecule has 1 aromatic carbocycles. The van der Waals surface area contributed by atoms with E-state index in [1.54, 1.807) is 6.07 Å². The summed E-state index contributed by atoms with van der Waals surface area (Å²) in [6, 6.07) is 7.36. The molecule has 2 N–H and O–H groups in total. The maximum absolute atomic E-state index is 12.3. The molecule has 0 atom stereocenters. The lowest BCUT2D eigenvalue weighted by Crippen LogP contribution is -2.51. The topological polar surface area (TPSA) is 67.9 Å². The molecule has 7 nitrogen and oxygen atoms in total. The van der Waals surface area contributed by atoms with Crippen molar-refractivity contribution in [3.63, 3.8) is 0 Å². The molecule has 0 aliphatic carbocycles. The summed E-state index contributed by atoms with van der Waals surface area (Å²) >= 11 is 0. The van der Waals surface area contributed by atoms with Crippen LogP contribution in [-0.4, -0.2) is 86.5 Å². The van der Waals surface area contributed by atoms with Crippen molar-refractivity contribution in [2.75, 3.05) is 59.9 Å². The number of amides is 3. The van der Waals surface area contributed by atoms with E-state index in [9.17, 15) is 9.59 Å². The molecule has 7 heteroatoms. The minimum atomic E-state index is -0.0873. The largest absolute Gasteiger partial charge is 0.351 e. The Labute approximate surface area is 156 Å². The lowest BCUT2D eigenvalue weighted by Gasteiger charge is -2.34. The predicted molar refractivity (Wildman–Crippen MR) is 103 cm³/mol. The Morgan fingerprint density at radius 1 is 1.12 bits per heavy atom. The van der Waals surface area contributed by atoms with E-state index in [0.29, 0.717) is 18.7 Å². The van der Waals surface area contributed by atoms with Crippen LogP contribution in [0.5, 0.6) is 0 Å². The van der Waals surface area contributed by atoms with Gasteiger partial charge in [0.15, 0.2) is 0 Å². The molecule has 1 heterocycles. The molecule has 0 spiro atoms. The number of urea groups is 1. The molecule has 1 aliphatic heterocycles. The third kappa shape index (κ3) is 6.31. The highest BCUT2D eigenvalue weighted by atomic mass is 16.2. The molecule has 1 saturated heterocycles. The number of carbonyl (C=O) groups is 2. The third-order valence-electron chi connectivity index (χ3n) is 4.58. The van der Waals surface area contributed by atoms with Gasteiger partial charge in [0.1, 0.15) is 0 Å². The Hall–Kier alpha value is -2.12. The molecule has 0 unspecified atom stereocenters. The van der Waals surface area contributed by atoms with E-state index in [4.69, 9.17) is 0 Å². The first-order chi connectivity index (χ1) is 12.5. The van der Waals surface area contributed by atoms with Crippen molar-refractivity contribution < 1.29 is 9.59 Å². The number of hydrogen-bond acceptors (Lipinski definition) is 4. The molecule has 2 rings (SSSR count). The van der Waals surface area contributed by atoms with E-state index >= 15 is 0 Å². The van der Waals surface area contributed by atoms with Gasteiger partial charge < -0.3 is 25.3 Å². The maximum Gasteiger partial charge on any atom is 0.317 e. The zero-order valence-corrected chi connectivity index (χ0v) is 16.1. The average molecular weight is 361 g/mol. The minimum absolute atomic E-state index is 0.0402. The van der Waals surface area contributed by atoms with Gasteiger partial charge in [-0.3, -0.25) is 4.79 Å². The molecule has 0 aromatic heterocycles. The number of likely N-dealkylation sites (N-methyl/N-ethyl adjacent to an activating group) is 2. The van der Waals surface area contributed by atoms with Crippen molar-refractivity contribution >= 4 is 11.9 Å². The smallest absolute Gasteiger partial charge is 0.317 e. The molecule has 1 fully saturated rings. The summed E-state index contributed by atoms with van der Waals surface area (Å²) in [5.41, 5.74) is 1.54. The van der Waals surface area contributed by atoms with E-state index < -0.39 is 0 Å². The second kappa shape index (κ2) is 10.1. The normalized spacial score (nSPS) is 15.2. The minimum Gasteiger partial charge on any atom is -0.351 e. The zero-order chi connectivity index (χ0) is 18.9. The third-order valence-corrected chi connectivity index (χ3v) is 4.58. The first-order valence-corrected chi connectivity index (χ1v) is 9.26. The van der Waals surface area contributed by atoms with Crippen molar-refractivity contribution in [2.24, 2.45) is 0 Å². The molecule has 0 radical (unpaired) electrons.